The molecule has 1 heterocycles. The normalized spacial score (nSPS) is 25.8. The molecule has 94 valence electrons. The van der Waals surface area contributed by atoms with Gasteiger partial charge < -0.3 is 0 Å². The van der Waals surface area contributed by atoms with Crippen LogP contribution in [0.5, 0.6) is 0 Å². The lowest BCUT2D eigenvalue weighted by molar-refractivity contribution is -0.0543. The van der Waals surface area contributed by atoms with Gasteiger partial charge in [-0.25, -0.2) is 9.56 Å². The van der Waals surface area contributed by atoms with Crippen molar-refractivity contribution in [1.29, 1.82) is 0 Å². The second-order valence-corrected chi connectivity index (χ2v) is 6.97. The SMILES string of the molecule is CCCN(C1CC2(C1)CN(Cl)C2)S(N)(=O)=O. The van der Waals surface area contributed by atoms with Crippen molar-refractivity contribution in [3.05, 3.63) is 0 Å². The van der Waals surface area contributed by atoms with Crippen LogP contribution in [0.15, 0.2) is 0 Å². The third-order valence-corrected chi connectivity index (χ3v) is 4.90. The Balaban J connectivity index is 1.93. The minimum atomic E-state index is -3.55. The van der Waals surface area contributed by atoms with E-state index in [0.717, 1.165) is 32.4 Å². The fourth-order valence-electron chi connectivity index (χ4n) is 2.82. The monoisotopic (exact) mass is 267 g/mol. The van der Waals surface area contributed by atoms with E-state index in [1.807, 2.05) is 6.92 Å². The minimum Gasteiger partial charge on any atom is -0.219 e. The van der Waals surface area contributed by atoms with E-state index in [1.165, 1.54) is 4.31 Å². The van der Waals surface area contributed by atoms with Crippen molar-refractivity contribution in [2.45, 2.75) is 32.2 Å². The fourth-order valence-corrected chi connectivity index (χ4v) is 4.33. The summed E-state index contributed by atoms with van der Waals surface area (Å²) < 4.78 is 26.0. The molecule has 2 N–H and O–H groups in total. The van der Waals surface area contributed by atoms with Gasteiger partial charge in [0.15, 0.2) is 0 Å². The maximum Gasteiger partial charge on any atom is 0.277 e. The zero-order chi connectivity index (χ0) is 12.0. The van der Waals surface area contributed by atoms with Gasteiger partial charge in [-0.05, 0) is 31.0 Å². The van der Waals surface area contributed by atoms with Crippen LogP contribution in [-0.2, 0) is 10.2 Å². The van der Waals surface area contributed by atoms with Crippen LogP contribution < -0.4 is 5.14 Å². The molecular weight excluding hydrogens is 250 g/mol. The molecule has 1 saturated heterocycles. The lowest BCUT2D eigenvalue weighted by Crippen LogP contribution is -2.65. The Morgan fingerprint density at radius 1 is 1.50 bits per heavy atom. The van der Waals surface area contributed by atoms with Crippen molar-refractivity contribution in [3.8, 4) is 0 Å². The minimum absolute atomic E-state index is 0.0836. The zero-order valence-corrected chi connectivity index (χ0v) is 11.0. The highest BCUT2D eigenvalue weighted by Gasteiger charge is 2.54. The van der Waals surface area contributed by atoms with Gasteiger partial charge in [0.2, 0.25) is 0 Å². The largest absolute Gasteiger partial charge is 0.277 e. The summed E-state index contributed by atoms with van der Waals surface area (Å²) in [6.45, 7) is 4.21. The van der Waals surface area contributed by atoms with E-state index < -0.39 is 10.2 Å². The molecule has 0 radical (unpaired) electrons. The summed E-state index contributed by atoms with van der Waals surface area (Å²) in [5.41, 5.74) is 0.267. The van der Waals surface area contributed by atoms with Crippen LogP contribution in [0.25, 0.3) is 0 Å². The van der Waals surface area contributed by atoms with Crippen LogP contribution in [-0.4, -0.2) is 42.8 Å². The molecule has 2 aliphatic rings. The third-order valence-electron chi connectivity index (χ3n) is 3.53. The fraction of sp³-hybridized carbons (Fsp3) is 1.00. The standard InChI is InChI=1S/C9H18ClN3O2S/c1-2-3-13(16(11,14)15)8-4-9(5-8)6-12(10)7-9/h8H,2-7H2,1H3,(H2,11,14,15). The van der Waals surface area contributed by atoms with Crippen LogP contribution in [0, 0.1) is 5.41 Å². The van der Waals surface area contributed by atoms with E-state index in [1.54, 1.807) is 4.42 Å². The second-order valence-electron chi connectivity index (χ2n) is 5.00. The maximum atomic E-state index is 11.4. The Morgan fingerprint density at radius 2 is 2.06 bits per heavy atom. The van der Waals surface area contributed by atoms with E-state index in [0.29, 0.717) is 6.54 Å². The molecule has 1 aliphatic carbocycles. The van der Waals surface area contributed by atoms with Gasteiger partial charge in [-0.15, -0.1) is 0 Å². The van der Waals surface area contributed by atoms with Crippen molar-refractivity contribution in [3.63, 3.8) is 0 Å². The van der Waals surface area contributed by atoms with E-state index in [-0.39, 0.29) is 11.5 Å². The van der Waals surface area contributed by atoms with Crippen molar-refractivity contribution in [1.82, 2.24) is 8.72 Å². The van der Waals surface area contributed by atoms with E-state index in [2.05, 4.69) is 0 Å². The smallest absolute Gasteiger partial charge is 0.219 e. The molecular formula is C9H18ClN3O2S. The van der Waals surface area contributed by atoms with Crippen LogP contribution in [0.4, 0.5) is 0 Å². The predicted molar refractivity (Wildman–Crippen MR) is 63.0 cm³/mol. The van der Waals surface area contributed by atoms with Gasteiger partial charge in [0.25, 0.3) is 10.2 Å². The molecule has 0 aromatic heterocycles. The quantitative estimate of drug-likeness (QED) is 0.755. The highest BCUT2D eigenvalue weighted by Crippen LogP contribution is 2.51. The predicted octanol–water partition coefficient (Wildman–Crippen LogP) is 0.520. The summed E-state index contributed by atoms with van der Waals surface area (Å²) in [5.74, 6) is 0. The van der Waals surface area contributed by atoms with Crippen LogP contribution in [0.1, 0.15) is 26.2 Å². The molecule has 5 nitrogen and oxygen atoms in total. The molecule has 2 fully saturated rings. The number of nitrogens with zero attached hydrogens (tertiary/aromatic N) is 2. The molecule has 0 aromatic carbocycles. The van der Waals surface area contributed by atoms with Crippen molar-refractivity contribution in [2.75, 3.05) is 19.6 Å². The Labute approximate surface area is 102 Å². The Bertz CT molecular complexity index is 359. The number of hydrogen-bond acceptors (Lipinski definition) is 3. The van der Waals surface area contributed by atoms with Crippen LogP contribution in [0.2, 0.25) is 0 Å². The average Bonchev–Trinajstić information content (AvgIpc) is 2.03. The van der Waals surface area contributed by atoms with Crippen LogP contribution in [0.3, 0.4) is 0 Å². The highest BCUT2D eigenvalue weighted by atomic mass is 35.5. The molecule has 0 bridgehead atoms. The highest BCUT2D eigenvalue weighted by molar-refractivity contribution is 7.86. The van der Waals surface area contributed by atoms with Gasteiger partial charge in [0.1, 0.15) is 0 Å². The molecule has 0 atom stereocenters. The first-order valence-electron chi connectivity index (χ1n) is 5.57. The average molecular weight is 268 g/mol. The van der Waals surface area contributed by atoms with Gasteiger partial charge in [0, 0.05) is 31.1 Å². The van der Waals surface area contributed by atoms with Crippen LogP contribution >= 0.6 is 11.8 Å². The number of nitrogens with two attached hydrogens (primary N) is 1. The summed E-state index contributed by atoms with van der Waals surface area (Å²) in [6, 6.07) is 0.0836. The lowest BCUT2D eigenvalue weighted by atomic mass is 9.61. The molecule has 7 heteroatoms. The summed E-state index contributed by atoms with van der Waals surface area (Å²) >= 11 is 5.80. The number of halogens is 1. The Hall–Kier alpha value is 0.120. The van der Waals surface area contributed by atoms with Gasteiger partial charge in [-0.1, -0.05) is 6.92 Å². The third kappa shape index (κ3) is 2.22. The molecule has 1 spiro atoms. The summed E-state index contributed by atoms with van der Waals surface area (Å²) in [6.07, 6.45) is 2.58. The van der Waals surface area contributed by atoms with Gasteiger partial charge in [0.05, 0.1) is 0 Å². The molecule has 2 rings (SSSR count). The summed E-state index contributed by atoms with van der Waals surface area (Å²) in [4.78, 5) is 0. The first-order valence-corrected chi connectivity index (χ1v) is 7.41. The van der Waals surface area contributed by atoms with Gasteiger partial charge in [-0.3, -0.25) is 0 Å². The zero-order valence-electron chi connectivity index (χ0n) is 9.39. The first kappa shape index (κ1) is 12.6. The molecule has 1 saturated carbocycles. The van der Waals surface area contributed by atoms with Gasteiger partial charge in [-0.2, -0.15) is 12.7 Å². The summed E-state index contributed by atoms with van der Waals surface area (Å²) in [7, 11) is -3.55. The van der Waals surface area contributed by atoms with Crippen molar-refractivity contribution < 1.29 is 8.42 Å². The Morgan fingerprint density at radius 3 is 2.44 bits per heavy atom. The second kappa shape index (κ2) is 4.10. The maximum absolute atomic E-state index is 11.4. The molecule has 16 heavy (non-hydrogen) atoms. The Kier molecular flexibility index (Phi) is 3.22. The lowest BCUT2D eigenvalue weighted by Gasteiger charge is -2.58. The molecule has 0 amide bonds. The first-order chi connectivity index (χ1) is 7.36. The van der Waals surface area contributed by atoms with E-state index >= 15 is 0 Å². The van der Waals surface area contributed by atoms with E-state index in [4.69, 9.17) is 16.9 Å². The van der Waals surface area contributed by atoms with Crippen molar-refractivity contribution in [2.24, 2.45) is 10.6 Å². The number of rotatable bonds is 4. The topological polar surface area (TPSA) is 66.6 Å². The van der Waals surface area contributed by atoms with E-state index in [9.17, 15) is 8.42 Å². The van der Waals surface area contributed by atoms with Crippen molar-refractivity contribution >= 4 is 22.0 Å². The molecule has 0 unspecified atom stereocenters. The molecule has 1 aliphatic heterocycles. The summed E-state index contributed by atoms with van der Waals surface area (Å²) in [5, 5.41) is 5.21. The van der Waals surface area contributed by atoms with Gasteiger partial charge >= 0.3 is 0 Å². The number of hydrogen-bond donors (Lipinski definition) is 1. The molecule has 0 aromatic rings.